The zero-order valence-corrected chi connectivity index (χ0v) is 8.31. The van der Waals surface area contributed by atoms with E-state index in [1.54, 1.807) is 0 Å². The van der Waals surface area contributed by atoms with Gasteiger partial charge in [0.15, 0.2) is 0 Å². The SMILES string of the molecule is CCC(=O)NCCN1CCNCC1. The third-order valence-electron chi connectivity index (χ3n) is 2.28. The van der Waals surface area contributed by atoms with Crippen LogP contribution < -0.4 is 10.6 Å². The van der Waals surface area contributed by atoms with E-state index in [1.807, 2.05) is 6.92 Å². The van der Waals surface area contributed by atoms with Gasteiger partial charge in [-0.25, -0.2) is 0 Å². The van der Waals surface area contributed by atoms with Gasteiger partial charge in [0.25, 0.3) is 0 Å². The van der Waals surface area contributed by atoms with E-state index in [-0.39, 0.29) is 5.91 Å². The summed E-state index contributed by atoms with van der Waals surface area (Å²) in [7, 11) is 0. The van der Waals surface area contributed by atoms with Crippen LogP contribution in [0.2, 0.25) is 0 Å². The lowest BCUT2D eigenvalue weighted by Gasteiger charge is -2.27. The molecule has 1 heterocycles. The highest BCUT2D eigenvalue weighted by molar-refractivity contribution is 5.75. The van der Waals surface area contributed by atoms with Gasteiger partial charge >= 0.3 is 0 Å². The first kappa shape index (κ1) is 10.5. The van der Waals surface area contributed by atoms with Gasteiger partial charge < -0.3 is 10.6 Å². The molecular weight excluding hydrogens is 166 g/mol. The summed E-state index contributed by atoms with van der Waals surface area (Å²) in [6, 6.07) is 0. The first-order valence-electron chi connectivity index (χ1n) is 5.02. The Labute approximate surface area is 79.7 Å². The van der Waals surface area contributed by atoms with E-state index >= 15 is 0 Å². The highest BCUT2D eigenvalue weighted by atomic mass is 16.1. The second-order valence-corrected chi connectivity index (χ2v) is 3.30. The Bertz CT molecular complexity index is 155. The number of hydrogen-bond donors (Lipinski definition) is 2. The lowest BCUT2D eigenvalue weighted by Crippen LogP contribution is -2.46. The van der Waals surface area contributed by atoms with Crippen molar-refractivity contribution in [2.24, 2.45) is 0 Å². The quantitative estimate of drug-likeness (QED) is 0.616. The minimum absolute atomic E-state index is 0.148. The molecule has 13 heavy (non-hydrogen) atoms. The van der Waals surface area contributed by atoms with Gasteiger partial charge in [0.2, 0.25) is 5.91 Å². The molecule has 4 heteroatoms. The molecular formula is C9H19N3O. The number of hydrogen-bond acceptors (Lipinski definition) is 3. The van der Waals surface area contributed by atoms with Crippen molar-refractivity contribution in [1.82, 2.24) is 15.5 Å². The van der Waals surface area contributed by atoms with Crippen LogP contribution in [0.4, 0.5) is 0 Å². The van der Waals surface area contributed by atoms with Crippen LogP contribution in [0.5, 0.6) is 0 Å². The fourth-order valence-electron chi connectivity index (χ4n) is 1.41. The van der Waals surface area contributed by atoms with Gasteiger partial charge in [0.1, 0.15) is 0 Å². The monoisotopic (exact) mass is 185 g/mol. The molecule has 0 aromatic carbocycles. The minimum Gasteiger partial charge on any atom is -0.355 e. The number of rotatable bonds is 4. The van der Waals surface area contributed by atoms with Crippen LogP contribution in [0.3, 0.4) is 0 Å². The average Bonchev–Trinajstić information content (AvgIpc) is 2.19. The summed E-state index contributed by atoms with van der Waals surface area (Å²) in [4.78, 5) is 13.3. The smallest absolute Gasteiger partial charge is 0.219 e. The molecule has 0 saturated carbocycles. The van der Waals surface area contributed by atoms with Crippen LogP contribution >= 0.6 is 0 Å². The fourth-order valence-corrected chi connectivity index (χ4v) is 1.41. The van der Waals surface area contributed by atoms with E-state index in [1.165, 1.54) is 0 Å². The Morgan fingerprint density at radius 3 is 2.77 bits per heavy atom. The number of amides is 1. The zero-order chi connectivity index (χ0) is 9.52. The molecule has 0 aromatic heterocycles. The number of piperazine rings is 1. The van der Waals surface area contributed by atoms with Crippen molar-refractivity contribution in [2.45, 2.75) is 13.3 Å². The van der Waals surface area contributed by atoms with Crippen LogP contribution in [-0.2, 0) is 4.79 Å². The maximum atomic E-state index is 10.9. The van der Waals surface area contributed by atoms with Gasteiger partial charge in [-0.3, -0.25) is 9.69 Å². The molecule has 0 aliphatic carbocycles. The summed E-state index contributed by atoms with van der Waals surface area (Å²) in [6.45, 7) is 7.98. The molecule has 0 bridgehead atoms. The van der Waals surface area contributed by atoms with Crippen molar-refractivity contribution in [3.05, 3.63) is 0 Å². The van der Waals surface area contributed by atoms with Crippen molar-refractivity contribution >= 4 is 5.91 Å². The maximum absolute atomic E-state index is 10.9. The topological polar surface area (TPSA) is 44.4 Å². The summed E-state index contributed by atoms with van der Waals surface area (Å²) >= 11 is 0. The van der Waals surface area contributed by atoms with E-state index in [2.05, 4.69) is 15.5 Å². The molecule has 1 amide bonds. The van der Waals surface area contributed by atoms with Gasteiger partial charge in [-0.15, -0.1) is 0 Å². The van der Waals surface area contributed by atoms with Crippen LogP contribution in [0.15, 0.2) is 0 Å². The van der Waals surface area contributed by atoms with E-state index < -0.39 is 0 Å². The molecule has 0 atom stereocenters. The van der Waals surface area contributed by atoms with Crippen LogP contribution in [0, 0.1) is 0 Å². The second kappa shape index (κ2) is 5.94. The largest absolute Gasteiger partial charge is 0.355 e. The second-order valence-electron chi connectivity index (χ2n) is 3.30. The van der Waals surface area contributed by atoms with Crippen molar-refractivity contribution in [3.8, 4) is 0 Å². The van der Waals surface area contributed by atoms with Crippen LogP contribution in [0.25, 0.3) is 0 Å². The molecule has 4 nitrogen and oxygen atoms in total. The normalized spacial score (nSPS) is 18.5. The summed E-state index contributed by atoms with van der Waals surface area (Å²) in [5.41, 5.74) is 0. The lowest BCUT2D eigenvalue weighted by atomic mass is 10.3. The molecule has 0 spiro atoms. The molecule has 0 aromatic rings. The lowest BCUT2D eigenvalue weighted by molar-refractivity contribution is -0.120. The van der Waals surface area contributed by atoms with Gasteiger partial charge in [-0.1, -0.05) is 6.92 Å². The van der Waals surface area contributed by atoms with Crippen molar-refractivity contribution in [3.63, 3.8) is 0 Å². The van der Waals surface area contributed by atoms with Crippen molar-refractivity contribution < 1.29 is 4.79 Å². The summed E-state index contributed by atoms with van der Waals surface area (Å²) in [6.07, 6.45) is 0.585. The number of nitrogens with zero attached hydrogens (tertiary/aromatic N) is 1. The van der Waals surface area contributed by atoms with E-state index in [0.717, 1.165) is 39.3 Å². The molecule has 76 valence electrons. The van der Waals surface area contributed by atoms with Crippen molar-refractivity contribution in [2.75, 3.05) is 39.3 Å². The van der Waals surface area contributed by atoms with Gasteiger partial charge in [0.05, 0.1) is 0 Å². The molecule has 1 aliphatic heterocycles. The van der Waals surface area contributed by atoms with E-state index in [4.69, 9.17) is 0 Å². The summed E-state index contributed by atoms with van der Waals surface area (Å²) in [5, 5.41) is 6.17. The standard InChI is InChI=1S/C9H19N3O/c1-2-9(13)11-5-8-12-6-3-10-4-7-12/h10H,2-8H2,1H3,(H,11,13). The zero-order valence-electron chi connectivity index (χ0n) is 8.31. The number of carbonyl (C=O) groups is 1. The van der Waals surface area contributed by atoms with Gasteiger partial charge in [-0.05, 0) is 0 Å². The molecule has 0 radical (unpaired) electrons. The average molecular weight is 185 g/mol. The van der Waals surface area contributed by atoms with Crippen LogP contribution in [-0.4, -0.2) is 50.1 Å². The number of nitrogens with one attached hydrogen (secondary N) is 2. The fraction of sp³-hybridized carbons (Fsp3) is 0.889. The molecule has 1 aliphatic rings. The Morgan fingerprint density at radius 2 is 2.15 bits per heavy atom. The van der Waals surface area contributed by atoms with Gasteiger partial charge in [0, 0.05) is 45.7 Å². The van der Waals surface area contributed by atoms with Gasteiger partial charge in [-0.2, -0.15) is 0 Å². The predicted molar refractivity (Wildman–Crippen MR) is 52.6 cm³/mol. The Kier molecular flexibility index (Phi) is 4.78. The minimum atomic E-state index is 0.148. The molecule has 2 N–H and O–H groups in total. The molecule has 0 unspecified atom stereocenters. The molecule has 1 rings (SSSR count). The highest BCUT2D eigenvalue weighted by Crippen LogP contribution is 1.89. The van der Waals surface area contributed by atoms with E-state index in [9.17, 15) is 4.79 Å². The van der Waals surface area contributed by atoms with Crippen LogP contribution in [0.1, 0.15) is 13.3 Å². The Balaban J connectivity index is 2.01. The Morgan fingerprint density at radius 1 is 1.46 bits per heavy atom. The third-order valence-corrected chi connectivity index (χ3v) is 2.28. The van der Waals surface area contributed by atoms with Crippen molar-refractivity contribution in [1.29, 1.82) is 0 Å². The highest BCUT2D eigenvalue weighted by Gasteiger charge is 2.08. The summed E-state index contributed by atoms with van der Waals surface area (Å²) in [5.74, 6) is 0.148. The summed E-state index contributed by atoms with van der Waals surface area (Å²) < 4.78 is 0. The predicted octanol–water partition coefficient (Wildman–Crippen LogP) is -0.582. The third kappa shape index (κ3) is 4.24. The Hall–Kier alpha value is -0.610. The molecule has 1 saturated heterocycles. The first-order chi connectivity index (χ1) is 6.33. The maximum Gasteiger partial charge on any atom is 0.219 e. The number of carbonyl (C=O) groups excluding carboxylic acids is 1. The molecule has 1 fully saturated rings. The first-order valence-corrected chi connectivity index (χ1v) is 5.02. The van der Waals surface area contributed by atoms with E-state index in [0.29, 0.717) is 6.42 Å².